The second kappa shape index (κ2) is 7.01. The van der Waals surface area contributed by atoms with Crippen molar-refractivity contribution >= 4 is 16.7 Å². The van der Waals surface area contributed by atoms with Crippen LogP contribution in [0.5, 0.6) is 6.01 Å². The predicted octanol–water partition coefficient (Wildman–Crippen LogP) is 3.46. The van der Waals surface area contributed by atoms with E-state index in [1.165, 1.54) is 43.3 Å². The quantitative estimate of drug-likeness (QED) is 0.729. The van der Waals surface area contributed by atoms with Crippen LogP contribution in [0.25, 0.3) is 11.0 Å². The zero-order valence-electron chi connectivity index (χ0n) is 14.5. The smallest absolute Gasteiger partial charge is 0.297 e. The zero-order chi connectivity index (χ0) is 16.4. The van der Waals surface area contributed by atoms with Crippen molar-refractivity contribution in [2.45, 2.75) is 38.6 Å². The molecule has 0 radical (unpaired) electrons. The molecule has 5 heteroatoms. The molecular weight excluding hydrogens is 302 g/mol. The van der Waals surface area contributed by atoms with Crippen LogP contribution < -0.4 is 9.64 Å². The highest BCUT2D eigenvalue weighted by Crippen LogP contribution is 2.34. The maximum absolute atomic E-state index is 5.52. The topological polar surface area (TPSA) is 39.5 Å². The summed E-state index contributed by atoms with van der Waals surface area (Å²) < 4.78 is 13.2. The van der Waals surface area contributed by atoms with E-state index in [2.05, 4.69) is 32.7 Å². The van der Waals surface area contributed by atoms with Crippen molar-refractivity contribution in [2.75, 3.05) is 38.3 Å². The summed E-state index contributed by atoms with van der Waals surface area (Å²) in [5.74, 6) is 1.01. The van der Waals surface area contributed by atoms with Gasteiger partial charge in [-0.15, -0.1) is 0 Å². The number of aromatic nitrogens is 2. The van der Waals surface area contributed by atoms with Crippen LogP contribution in [0.1, 0.15) is 32.1 Å². The number of imidazole rings is 1. The minimum Gasteiger partial charge on any atom is -0.468 e. The highest BCUT2D eigenvalue weighted by atomic mass is 16.5. The van der Waals surface area contributed by atoms with E-state index >= 15 is 0 Å². The van der Waals surface area contributed by atoms with Crippen LogP contribution in [-0.2, 0) is 11.3 Å². The van der Waals surface area contributed by atoms with Gasteiger partial charge < -0.3 is 14.4 Å². The van der Waals surface area contributed by atoms with Crippen molar-refractivity contribution < 1.29 is 9.47 Å². The molecule has 1 aliphatic heterocycles. The van der Waals surface area contributed by atoms with Gasteiger partial charge in [-0.2, -0.15) is 4.98 Å². The lowest BCUT2D eigenvalue weighted by molar-refractivity contribution is 0.122. The van der Waals surface area contributed by atoms with Gasteiger partial charge in [0.15, 0.2) is 0 Å². The number of nitrogens with zero attached hydrogens (tertiary/aromatic N) is 3. The fraction of sp³-hybridized carbons (Fsp3) is 0.632. The Labute approximate surface area is 143 Å². The van der Waals surface area contributed by atoms with Gasteiger partial charge in [-0.3, -0.25) is 4.57 Å². The standard InChI is InChI=1S/C19H27N3O2/c1-23-19-20-17-8-7-16(21-10-12-24-13-11-21)14-18(17)22(19)9-3-2-4-15-5-6-15/h7-8,14-15H,2-6,9-13H2,1H3. The van der Waals surface area contributed by atoms with Crippen LogP contribution in [0.4, 0.5) is 5.69 Å². The number of benzene rings is 1. The monoisotopic (exact) mass is 329 g/mol. The molecule has 5 nitrogen and oxygen atoms in total. The maximum atomic E-state index is 5.52. The van der Waals surface area contributed by atoms with Gasteiger partial charge in [-0.1, -0.05) is 25.7 Å². The fourth-order valence-corrected chi connectivity index (χ4v) is 3.59. The molecule has 2 aliphatic rings. The molecule has 0 unspecified atom stereocenters. The van der Waals surface area contributed by atoms with Gasteiger partial charge in [0.25, 0.3) is 6.01 Å². The number of fused-ring (bicyclic) bond motifs is 1. The first-order chi connectivity index (χ1) is 11.8. The minimum absolute atomic E-state index is 0.732. The number of hydrogen-bond acceptors (Lipinski definition) is 4. The molecule has 130 valence electrons. The average molecular weight is 329 g/mol. The van der Waals surface area contributed by atoms with E-state index in [1.54, 1.807) is 7.11 Å². The number of morpholine rings is 1. The van der Waals surface area contributed by atoms with Crippen LogP contribution in [0.3, 0.4) is 0 Å². The number of hydrogen-bond donors (Lipinski definition) is 0. The van der Waals surface area contributed by atoms with Gasteiger partial charge >= 0.3 is 0 Å². The summed E-state index contributed by atoms with van der Waals surface area (Å²) >= 11 is 0. The highest BCUT2D eigenvalue weighted by Gasteiger charge is 2.20. The Morgan fingerprint density at radius 1 is 1.21 bits per heavy atom. The lowest BCUT2D eigenvalue weighted by Gasteiger charge is -2.28. The molecule has 2 heterocycles. The third kappa shape index (κ3) is 3.36. The Balaban J connectivity index is 1.54. The fourth-order valence-electron chi connectivity index (χ4n) is 3.59. The van der Waals surface area contributed by atoms with Crippen LogP contribution >= 0.6 is 0 Å². The van der Waals surface area contributed by atoms with Crippen molar-refractivity contribution in [3.05, 3.63) is 18.2 Å². The lowest BCUT2D eigenvalue weighted by atomic mass is 10.2. The summed E-state index contributed by atoms with van der Waals surface area (Å²) in [5.41, 5.74) is 3.46. The van der Waals surface area contributed by atoms with Crippen molar-refractivity contribution in [3.8, 4) is 6.01 Å². The molecule has 1 aliphatic carbocycles. The first-order valence-corrected chi connectivity index (χ1v) is 9.22. The summed E-state index contributed by atoms with van der Waals surface area (Å²) in [6.45, 7) is 4.51. The molecule has 2 fully saturated rings. The van der Waals surface area contributed by atoms with Gasteiger partial charge in [-0.05, 0) is 30.5 Å². The number of methoxy groups -OCH3 is 1. The number of unbranched alkanes of at least 4 members (excludes halogenated alkanes) is 1. The summed E-state index contributed by atoms with van der Waals surface area (Å²) in [4.78, 5) is 7.03. The molecule has 2 aromatic rings. The number of anilines is 1. The molecule has 0 bridgehead atoms. The number of ether oxygens (including phenoxy) is 2. The molecule has 0 atom stereocenters. The molecule has 24 heavy (non-hydrogen) atoms. The van der Waals surface area contributed by atoms with E-state index in [-0.39, 0.29) is 0 Å². The summed E-state index contributed by atoms with van der Waals surface area (Å²) in [5, 5.41) is 0. The minimum atomic E-state index is 0.732. The van der Waals surface area contributed by atoms with Crippen LogP contribution in [-0.4, -0.2) is 43.0 Å². The molecular formula is C19H27N3O2. The van der Waals surface area contributed by atoms with E-state index in [4.69, 9.17) is 9.47 Å². The maximum Gasteiger partial charge on any atom is 0.297 e. The first-order valence-electron chi connectivity index (χ1n) is 9.22. The van der Waals surface area contributed by atoms with Crippen molar-refractivity contribution in [1.82, 2.24) is 9.55 Å². The van der Waals surface area contributed by atoms with Crippen molar-refractivity contribution in [1.29, 1.82) is 0 Å². The van der Waals surface area contributed by atoms with E-state index in [1.807, 2.05) is 0 Å². The van der Waals surface area contributed by atoms with Crippen molar-refractivity contribution in [2.24, 2.45) is 5.92 Å². The average Bonchev–Trinajstić information content (AvgIpc) is 3.39. The predicted molar refractivity (Wildman–Crippen MR) is 95.9 cm³/mol. The summed E-state index contributed by atoms with van der Waals surface area (Å²) in [6.07, 6.45) is 6.77. The van der Waals surface area contributed by atoms with Gasteiger partial charge in [0.05, 0.1) is 31.4 Å². The second-order valence-electron chi connectivity index (χ2n) is 6.96. The van der Waals surface area contributed by atoms with E-state index in [0.717, 1.165) is 50.3 Å². The van der Waals surface area contributed by atoms with Crippen LogP contribution in [0.15, 0.2) is 18.2 Å². The normalized spacial score (nSPS) is 18.3. The van der Waals surface area contributed by atoms with Gasteiger partial charge in [-0.25, -0.2) is 0 Å². The van der Waals surface area contributed by atoms with E-state index < -0.39 is 0 Å². The molecule has 1 saturated heterocycles. The molecule has 1 aromatic heterocycles. The van der Waals surface area contributed by atoms with Crippen molar-refractivity contribution in [3.63, 3.8) is 0 Å². The third-order valence-electron chi connectivity index (χ3n) is 5.20. The molecule has 0 spiro atoms. The molecule has 1 saturated carbocycles. The van der Waals surface area contributed by atoms with Crippen LogP contribution in [0, 0.1) is 5.92 Å². The SMILES string of the molecule is COc1nc2ccc(N3CCOCC3)cc2n1CCCCC1CC1. The zero-order valence-corrected chi connectivity index (χ0v) is 14.5. The Morgan fingerprint density at radius 3 is 2.79 bits per heavy atom. The van der Waals surface area contributed by atoms with Gasteiger partial charge in [0.1, 0.15) is 0 Å². The third-order valence-corrected chi connectivity index (χ3v) is 5.20. The Bertz CT molecular complexity index is 687. The Morgan fingerprint density at radius 2 is 2.04 bits per heavy atom. The van der Waals surface area contributed by atoms with Gasteiger partial charge in [0, 0.05) is 25.3 Å². The molecule has 0 N–H and O–H groups in total. The van der Waals surface area contributed by atoms with E-state index in [0.29, 0.717) is 0 Å². The Kier molecular flexibility index (Phi) is 4.60. The molecule has 1 aromatic carbocycles. The largest absolute Gasteiger partial charge is 0.468 e. The van der Waals surface area contributed by atoms with Gasteiger partial charge in [0.2, 0.25) is 0 Å². The number of rotatable bonds is 7. The molecule has 4 rings (SSSR count). The van der Waals surface area contributed by atoms with E-state index in [9.17, 15) is 0 Å². The first kappa shape index (κ1) is 15.8. The second-order valence-corrected chi connectivity index (χ2v) is 6.96. The van der Waals surface area contributed by atoms with Crippen LogP contribution in [0.2, 0.25) is 0 Å². The number of aryl methyl sites for hydroxylation is 1. The molecule has 0 amide bonds. The summed E-state index contributed by atoms with van der Waals surface area (Å²) in [7, 11) is 1.71. The lowest BCUT2D eigenvalue weighted by Crippen LogP contribution is -2.36. The summed E-state index contributed by atoms with van der Waals surface area (Å²) in [6, 6.07) is 7.27. The highest BCUT2D eigenvalue weighted by molar-refractivity contribution is 5.81. The Hall–Kier alpha value is -1.75.